The Labute approximate surface area is 263 Å². The summed E-state index contributed by atoms with van der Waals surface area (Å²) < 4.78 is 1.28. The van der Waals surface area contributed by atoms with E-state index in [4.69, 9.17) is 17.0 Å². The molecule has 42 heavy (non-hydrogen) atoms. The number of halogens is 2. The fourth-order valence-corrected chi connectivity index (χ4v) is 23.8. The van der Waals surface area contributed by atoms with Gasteiger partial charge in [0.05, 0.1) is 0 Å². The summed E-state index contributed by atoms with van der Waals surface area (Å²) in [6.45, 7) is 6.66. The van der Waals surface area contributed by atoms with Crippen molar-refractivity contribution in [2.24, 2.45) is 0 Å². The van der Waals surface area contributed by atoms with Gasteiger partial charge in [0.1, 0.15) is 0 Å². The van der Waals surface area contributed by atoms with Crippen LogP contribution in [-0.4, -0.2) is 9.52 Å². The quantitative estimate of drug-likeness (QED) is 0.155. The van der Waals surface area contributed by atoms with Gasteiger partial charge in [-0.3, -0.25) is 0 Å². The average Bonchev–Trinajstić information content (AvgIpc) is 3.56. The Balaban J connectivity index is 1.47. The number of rotatable bonds is 6. The summed E-state index contributed by atoms with van der Waals surface area (Å²) >= 11 is -4.12. The molecule has 208 valence electrons. The van der Waals surface area contributed by atoms with Crippen LogP contribution in [0.15, 0.2) is 103 Å². The van der Waals surface area contributed by atoms with Crippen molar-refractivity contribution in [3.63, 3.8) is 0 Å². The summed E-state index contributed by atoms with van der Waals surface area (Å²) in [5, 5.41) is 2.97. The Bertz CT molecular complexity index is 1850. The van der Waals surface area contributed by atoms with Crippen molar-refractivity contribution in [1.82, 2.24) is 0 Å². The van der Waals surface area contributed by atoms with Crippen molar-refractivity contribution in [2.75, 3.05) is 0 Å². The van der Waals surface area contributed by atoms with Gasteiger partial charge < -0.3 is 0 Å². The van der Waals surface area contributed by atoms with Gasteiger partial charge in [-0.1, -0.05) is 0 Å². The second-order valence-electron chi connectivity index (χ2n) is 11.9. The van der Waals surface area contributed by atoms with Crippen LogP contribution in [0.5, 0.6) is 0 Å². The summed E-state index contributed by atoms with van der Waals surface area (Å²) in [6.07, 6.45) is 4.58. The summed E-state index contributed by atoms with van der Waals surface area (Å²) in [6, 6.07) is 38.1. The molecule has 2 aliphatic rings. The molecule has 5 aromatic rings. The molecule has 0 aromatic heterocycles. The zero-order chi connectivity index (χ0) is 29.0. The standard InChI is InChI=1S/C26H25.C12H9Si.2ClH.Zr/c1-4-8-21-11-12-22-16-23(20-9-6-5-7-10-20)17-25(22)26(21)24-14-18(2)13-19(3)15-24;1-3-7-11-9(5-1)10-6-2-4-8-12(10)13-11;;;/h5-7,9-17H,4,8H2,1-3H3;1-7H,13H2;2*1H;/q;;;;+2/p-2. The van der Waals surface area contributed by atoms with Crippen LogP contribution in [0.2, 0.25) is 0 Å². The van der Waals surface area contributed by atoms with Crippen LogP contribution >= 0.6 is 17.0 Å². The molecular weight excluding hydrogens is 647 g/mol. The van der Waals surface area contributed by atoms with E-state index >= 15 is 0 Å². The van der Waals surface area contributed by atoms with Crippen LogP contribution < -0.4 is 13.6 Å². The first-order valence-corrected chi connectivity index (χ1v) is 25.4. The molecular formula is C38H34Cl2SiZr. The number of hydrogen-bond donors (Lipinski definition) is 0. The van der Waals surface area contributed by atoms with Gasteiger partial charge in [0, 0.05) is 0 Å². The van der Waals surface area contributed by atoms with Crippen molar-refractivity contribution in [1.29, 1.82) is 0 Å². The van der Waals surface area contributed by atoms with Crippen LogP contribution in [0, 0.1) is 13.8 Å². The first kappa shape index (κ1) is 28.3. The Morgan fingerprint density at radius 2 is 1.45 bits per heavy atom. The van der Waals surface area contributed by atoms with Gasteiger partial charge >= 0.3 is 266 Å². The SMILES string of the molecule is CCCc1ccc2c(c1-c1cc(C)cc(C)c1)C=C(c1ccccc1)[CH]2[Zr]([Cl])([Cl])[c]1cccc2c1[SiH2]c1ccccc1-2. The van der Waals surface area contributed by atoms with Gasteiger partial charge in [-0.25, -0.2) is 0 Å². The van der Waals surface area contributed by atoms with E-state index in [-0.39, 0.29) is 3.63 Å². The van der Waals surface area contributed by atoms with Crippen molar-refractivity contribution >= 4 is 51.8 Å². The molecule has 0 saturated heterocycles. The number of allylic oxidation sites excluding steroid dienone is 1. The molecule has 0 saturated carbocycles. The molecule has 0 nitrogen and oxygen atoms in total. The molecule has 0 radical (unpaired) electrons. The molecule has 4 heteroatoms. The van der Waals surface area contributed by atoms with Gasteiger partial charge in [-0.15, -0.1) is 0 Å². The first-order valence-electron chi connectivity index (χ1n) is 15.0. The van der Waals surface area contributed by atoms with Crippen molar-refractivity contribution in [3.8, 4) is 22.3 Å². The predicted octanol–water partition coefficient (Wildman–Crippen LogP) is 8.41. The van der Waals surface area contributed by atoms with Crippen LogP contribution in [0.25, 0.3) is 33.9 Å². The molecule has 5 aromatic carbocycles. The van der Waals surface area contributed by atoms with Crippen molar-refractivity contribution < 1.29 is 17.9 Å². The Morgan fingerprint density at radius 1 is 0.738 bits per heavy atom. The second-order valence-corrected chi connectivity index (χ2v) is 27.7. The number of fused-ring (bicyclic) bond motifs is 4. The van der Waals surface area contributed by atoms with Gasteiger partial charge in [0.2, 0.25) is 0 Å². The monoisotopic (exact) mass is 678 g/mol. The fourth-order valence-electron chi connectivity index (χ4n) is 7.33. The molecule has 1 aliphatic heterocycles. The summed E-state index contributed by atoms with van der Waals surface area (Å²) in [7, 11) is 15.3. The Hall–Kier alpha value is -2.48. The third-order valence-electron chi connectivity index (χ3n) is 9.00. The van der Waals surface area contributed by atoms with E-state index in [2.05, 4.69) is 130 Å². The topological polar surface area (TPSA) is 0 Å². The molecule has 0 N–H and O–H groups in total. The molecule has 1 heterocycles. The van der Waals surface area contributed by atoms with Gasteiger partial charge in [0.15, 0.2) is 0 Å². The third kappa shape index (κ3) is 4.76. The number of hydrogen-bond acceptors (Lipinski definition) is 0. The van der Waals surface area contributed by atoms with Gasteiger partial charge in [0.25, 0.3) is 0 Å². The number of benzene rings is 5. The van der Waals surface area contributed by atoms with Crippen LogP contribution in [0.1, 0.15) is 50.4 Å². The van der Waals surface area contributed by atoms with E-state index in [1.807, 2.05) is 0 Å². The third-order valence-corrected chi connectivity index (χ3v) is 23.2. The normalized spacial score (nSPS) is 15.8. The molecule has 0 bridgehead atoms. The predicted molar refractivity (Wildman–Crippen MR) is 183 cm³/mol. The molecule has 1 aliphatic carbocycles. The van der Waals surface area contributed by atoms with E-state index in [0.717, 1.165) is 12.8 Å². The molecule has 0 spiro atoms. The van der Waals surface area contributed by atoms with Gasteiger partial charge in [-0.2, -0.15) is 0 Å². The Morgan fingerprint density at radius 3 is 2.21 bits per heavy atom. The van der Waals surface area contributed by atoms with Crippen LogP contribution in [-0.2, 0) is 24.3 Å². The molecule has 0 amide bonds. The minimum absolute atomic E-state index is 0.00424. The zero-order valence-electron chi connectivity index (χ0n) is 24.3. The van der Waals surface area contributed by atoms with Crippen molar-refractivity contribution in [3.05, 3.63) is 137 Å². The molecule has 1 atom stereocenters. The maximum absolute atomic E-state index is 7.97. The number of aryl methyl sites for hydroxylation is 3. The summed E-state index contributed by atoms with van der Waals surface area (Å²) in [5.74, 6) is 0. The maximum atomic E-state index is 7.97. The average molecular weight is 681 g/mol. The van der Waals surface area contributed by atoms with E-state index in [0.29, 0.717) is 0 Å². The summed E-state index contributed by atoms with van der Waals surface area (Å²) in [5.41, 5.74) is 14.5. The van der Waals surface area contributed by atoms with Crippen molar-refractivity contribution in [2.45, 2.75) is 37.2 Å². The van der Waals surface area contributed by atoms with E-state index < -0.39 is 27.4 Å². The second kappa shape index (κ2) is 11.2. The fraction of sp³-hybridized carbons (Fsp3) is 0.158. The zero-order valence-corrected chi connectivity index (χ0v) is 29.7. The Kier molecular flexibility index (Phi) is 7.56. The van der Waals surface area contributed by atoms with Crippen LogP contribution in [0.3, 0.4) is 0 Å². The van der Waals surface area contributed by atoms with Crippen LogP contribution in [0.4, 0.5) is 0 Å². The first-order chi connectivity index (χ1) is 20.4. The molecule has 7 rings (SSSR count). The summed E-state index contributed by atoms with van der Waals surface area (Å²) in [4.78, 5) is 0. The molecule has 1 unspecified atom stereocenters. The van der Waals surface area contributed by atoms with E-state index in [1.54, 1.807) is 0 Å². The molecule has 0 fully saturated rings. The van der Waals surface area contributed by atoms with Gasteiger partial charge in [-0.05, 0) is 0 Å². The van der Waals surface area contributed by atoms with E-state index in [1.165, 1.54) is 74.9 Å². The minimum atomic E-state index is -4.12. The van der Waals surface area contributed by atoms with E-state index in [9.17, 15) is 0 Å².